The predicted octanol–water partition coefficient (Wildman–Crippen LogP) is 3.56. The van der Waals surface area contributed by atoms with Crippen molar-refractivity contribution in [1.82, 2.24) is 15.2 Å². The van der Waals surface area contributed by atoms with Gasteiger partial charge in [0.25, 0.3) is 0 Å². The SMILES string of the molecule is O=C(NCCc1ccccc1)[C@@H]1[C@H](O)[C@@H](c2ccc(F)cc2)CN1C(=O)Cc1c[nH]c2ccccc12. The average Bonchev–Trinajstić information content (AvgIpc) is 3.46. The number of carbonyl (C=O) groups is 2. The third-order valence-corrected chi connectivity index (χ3v) is 6.92. The Morgan fingerprint density at radius 2 is 1.72 bits per heavy atom. The summed E-state index contributed by atoms with van der Waals surface area (Å²) in [7, 11) is 0. The molecular weight excluding hydrogens is 457 g/mol. The molecule has 1 aromatic heterocycles. The molecule has 1 saturated heterocycles. The van der Waals surface area contributed by atoms with E-state index in [2.05, 4.69) is 10.3 Å². The Morgan fingerprint density at radius 1 is 1.00 bits per heavy atom. The lowest BCUT2D eigenvalue weighted by molar-refractivity contribution is -0.140. The van der Waals surface area contributed by atoms with Gasteiger partial charge in [-0.15, -0.1) is 0 Å². The van der Waals surface area contributed by atoms with Crippen LogP contribution in [-0.4, -0.2) is 52.0 Å². The standard InChI is InChI=1S/C29H28FN3O3/c30-22-12-10-20(11-13-22)24-18-33(26(34)16-21-17-32-25-9-5-4-8-23(21)25)27(28(24)35)29(36)31-15-14-19-6-2-1-3-7-19/h1-13,17,24,27-28,32,35H,14-16,18H2,(H,31,36)/t24-,27+,28-/m1/s1. The van der Waals surface area contributed by atoms with Crippen LogP contribution in [0.5, 0.6) is 0 Å². The number of aliphatic hydroxyl groups is 1. The first-order chi connectivity index (χ1) is 17.5. The smallest absolute Gasteiger partial charge is 0.245 e. The van der Waals surface area contributed by atoms with Crippen LogP contribution in [0.25, 0.3) is 10.9 Å². The summed E-state index contributed by atoms with van der Waals surface area (Å²) in [6.07, 6.45) is 1.43. The minimum atomic E-state index is -1.11. The summed E-state index contributed by atoms with van der Waals surface area (Å²) in [6, 6.07) is 22.3. The summed E-state index contributed by atoms with van der Waals surface area (Å²) in [4.78, 5) is 31.4. The monoisotopic (exact) mass is 485 g/mol. The summed E-state index contributed by atoms with van der Waals surface area (Å²) in [5, 5.41) is 15.1. The lowest BCUT2D eigenvalue weighted by atomic mass is 9.93. The van der Waals surface area contributed by atoms with Gasteiger partial charge in [0.1, 0.15) is 11.9 Å². The van der Waals surface area contributed by atoms with Gasteiger partial charge in [-0.3, -0.25) is 9.59 Å². The second-order valence-electron chi connectivity index (χ2n) is 9.20. The van der Waals surface area contributed by atoms with Crippen LogP contribution in [0.3, 0.4) is 0 Å². The number of hydrogen-bond acceptors (Lipinski definition) is 3. The molecule has 3 N–H and O–H groups in total. The molecule has 1 fully saturated rings. The number of para-hydroxylation sites is 1. The van der Waals surface area contributed by atoms with Crippen molar-refractivity contribution in [3.63, 3.8) is 0 Å². The topological polar surface area (TPSA) is 85.4 Å². The minimum absolute atomic E-state index is 0.0979. The van der Waals surface area contributed by atoms with Gasteiger partial charge in [0, 0.05) is 36.1 Å². The summed E-state index contributed by atoms with van der Waals surface area (Å²) in [5.74, 6) is -1.52. The van der Waals surface area contributed by atoms with Gasteiger partial charge in [0.05, 0.1) is 12.5 Å². The van der Waals surface area contributed by atoms with Gasteiger partial charge < -0.3 is 20.3 Å². The maximum atomic E-state index is 13.5. The van der Waals surface area contributed by atoms with Gasteiger partial charge >= 0.3 is 0 Å². The summed E-state index contributed by atoms with van der Waals surface area (Å²) >= 11 is 0. The van der Waals surface area contributed by atoms with Crippen LogP contribution < -0.4 is 5.32 Å². The normalized spacial score (nSPS) is 19.5. The molecule has 0 spiro atoms. The zero-order valence-electron chi connectivity index (χ0n) is 19.7. The van der Waals surface area contributed by atoms with Crippen molar-refractivity contribution < 1.29 is 19.1 Å². The average molecular weight is 486 g/mol. The molecule has 0 bridgehead atoms. The maximum absolute atomic E-state index is 13.5. The lowest BCUT2D eigenvalue weighted by Crippen LogP contribution is -2.51. The second kappa shape index (κ2) is 10.3. The highest BCUT2D eigenvalue weighted by atomic mass is 19.1. The van der Waals surface area contributed by atoms with E-state index in [9.17, 15) is 19.1 Å². The second-order valence-corrected chi connectivity index (χ2v) is 9.20. The van der Waals surface area contributed by atoms with Crippen molar-refractivity contribution in [3.05, 3.63) is 108 Å². The van der Waals surface area contributed by atoms with E-state index in [4.69, 9.17) is 0 Å². The molecular formula is C29H28FN3O3. The Balaban J connectivity index is 1.36. The Kier molecular flexibility index (Phi) is 6.82. The van der Waals surface area contributed by atoms with E-state index in [0.717, 1.165) is 22.0 Å². The highest BCUT2D eigenvalue weighted by molar-refractivity contribution is 5.93. The maximum Gasteiger partial charge on any atom is 0.245 e. The van der Waals surface area contributed by atoms with E-state index < -0.39 is 24.0 Å². The number of amides is 2. The number of H-pyrrole nitrogens is 1. The molecule has 0 radical (unpaired) electrons. The van der Waals surface area contributed by atoms with Crippen molar-refractivity contribution in [2.75, 3.05) is 13.1 Å². The zero-order valence-corrected chi connectivity index (χ0v) is 19.7. The van der Waals surface area contributed by atoms with Gasteiger partial charge in [0.15, 0.2) is 0 Å². The van der Waals surface area contributed by atoms with Crippen molar-refractivity contribution >= 4 is 22.7 Å². The van der Waals surface area contributed by atoms with Crippen molar-refractivity contribution in [2.24, 2.45) is 0 Å². The van der Waals surface area contributed by atoms with Gasteiger partial charge in [-0.05, 0) is 41.3 Å². The molecule has 1 aliphatic rings. The van der Waals surface area contributed by atoms with Gasteiger partial charge in [0.2, 0.25) is 11.8 Å². The van der Waals surface area contributed by atoms with Crippen LogP contribution in [0.2, 0.25) is 0 Å². The molecule has 0 aliphatic carbocycles. The summed E-state index contributed by atoms with van der Waals surface area (Å²) in [5.41, 5.74) is 3.54. The number of nitrogens with one attached hydrogen (secondary N) is 2. The molecule has 0 saturated carbocycles. The number of rotatable bonds is 7. The Labute approximate surface area is 208 Å². The summed E-state index contributed by atoms with van der Waals surface area (Å²) in [6.45, 7) is 0.558. The zero-order chi connectivity index (χ0) is 25.1. The molecule has 36 heavy (non-hydrogen) atoms. The fourth-order valence-corrected chi connectivity index (χ4v) is 5.03. The number of aromatic nitrogens is 1. The van der Waals surface area contributed by atoms with Gasteiger partial charge in [-0.2, -0.15) is 0 Å². The minimum Gasteiger partial charge on any atom is -0.390 e. The number of aromatic amines is 1. The van der Waals surface area contributed by atoms with Crippen molar-refractivity contribution in [2.45, 2.75) is 30.9 Å². The van der Waals surface area contributed by atoms with Crippen molar-refractivity contribution in [1.29, 1.82) is 0 Å². The van der Waals surface area contributed by atoms with Crippen molar-refractivity contribution in [3.8, 4) is 0 Å². The van der Waals surface area contributed by atoms with E-state index in [1.165, 1.54) is 17.0 Å². The third-order valence-electron chi connectivity index (χ3n) is 6.92. The Hall–Kier alpha value is -3.97. The number of halogens is 1. The van der Waals surface area contributed by atoms with Crippen LogP contribution in [0, 0.1) is 5.82 Å². The third kappa shape index (κ3) is 4.88. The number of carbonyl (C=O) groups excluding carboxylic acids is 2. The molecule has 2 heterocycles. The quantitative estimate of drug-likeness (QED) is 0.374. The molecule has 0 unspecified atom stereocenters. The highest BCUT2D eigenvalue weighted by Crippen LogP contribution is 2.33. The molecule has 7 heteroatoms. The molecule has 3 aromatic carbocycles. The fraction of sp³-hybridized carbons (Fsp3) is 0.241. The number of nitrogens with zero attached hydrogens (tertiary/aromatic N) is 1. The number of aliphatic hydroxyl groups excluding tert-OH is 1. The molecule has 2 amide bonds. The van der Waals surface area contributed by atoms with Crippen LogP contribution in [0.4, 0.5) is 4.39 Å². The summed E-state index contributed by atoms with van der Waals surface area (Å²) < 4.78 is 13.5. The molecule has 1 aliphatic heterocycles. The lowest BCUT2D eigenvalue weighted by Gasteiger charge is -2.25. The molecule has 5 rings (SSSR count). The first-order valence-electron chi connectivity index (χ1n) is 12.1. The van der Waals surface area contributed by atoms with Crippen LogP contribution >= 0.6 is 0 Å². The van der Waals surface area contributed by atoms with E-state index >= 15 is 0 Å². The molecule has 4 aromatic rings. The number of fused-ring (bicyclic) bond motifs is 1. The molecule has 3 atom stereocenters. The van der Waals surface area contributed by atoms with E-state index in [0.29, 0.717) is 18.5 Å². The highest BCUT2D eigenvalue weighted by Gasteiger charge is 2.47. The van der Waals surface area contributed by atoms with E-state index in [-0.39, 0.29) is 24.7 Å². The Morgan fingerprint density at radius 3 is 2.50 bits per heavy atom. The number of benzene rings is 3. The van der Waals surface area contributed by atoms with E-state index in [1.807, 2.05) is 60.8 Å². The number of likely N-dealkylation sites (tertiary alicyclic amines) is 1. The van der Waals surface area contributed by atoms with Crippen LogP contribution in [0.1, 0.15) is 22.6 Å². The fourth-order valence-electron chi connectivity index (χ4n) is 5.03. The first-order valence-corrected chi connectivity index (χ1v) is 12.1. The molecule has 6 nitrogen and oxygen atoms in total. The van der Waals surface area contributed by atoms with Gasteiger partial charge in [-0.1, -0.05) is 60.7 Å². The van der Waals surface area contributed by atoms with Crippen LogP contribution in [-0.2, 0) is 22.4 Å². The largest absolute Gasteiger partial charge is 0.390 e. The van der Waals surface area contributed by atoms with E-state index in [1.54, 1.807) is 12.1 Å². The van der Waals surface area contributed by atoms with Gasteiger partial charge in [-0.25, -0.2) is 4.39 Å². The first kappa shape index (κ1) is 23.8. The van der Waals surface area contributed by atoms with Crippen LogP contribution in [0.15, 0.2) is 85.1 Å². The number of hydrogen-bond donors (Lipinski definition) is 3. The Bertz CT molecular complexity index is 1350. The molecule has 184 valence electrons. The predicted molar refractivity (Wildman–Crippen MR) is 136 cm³/mol.